The molecule has 0 saturated carbocycles. The van der Waals surface area contributed by atoms with Crippen LogP contribution in [0.4, 0.5) is 0 Å². The molecule has 2 aromatic carbocycles. The quantitative estimate of drug-likeness (QED) is 0.807. The predicted molar refractivity (Wildman–Crippen MR) is 81.6 cm³/mol. The predicted octanol–water partition coefficient (Wildman–Crippen LogP) is 3.58. The number of sulfonamides is 1. The Balaban J connectivity index is 2.43. The first-order chi connectivity index (χ1) is 9.53. The lowest BCUT2D eigenvalue weighted by Crippen LogP contribution is -2.05. The van der Waals surface area contributed by atoms with Gasteiger partial charge in [-0.25, -0.2) is 0 Å². The van der Waals surface area contributed by atoms with Gasteiger partial charge < -0.3 is 0 Å². The van der Waals surface area contributed by atoms with Crippen LogP contribution in [0.2, 0.25) is 0 Å². The van der Waals surface area contributed by atoms with Crippen molar-refractivity contribution in [3.05, 3.63) is 65.7 Å². The summed E-state index contributed by atoms with van der Waals surface area (Å²) in [5.41, 5.74) is 2.43. The number of hydrogen-bond donors (Lipinski definition) is 0. The third kappa shape index (κ3) is 3.33. The van der Waals surface area contributed by atoms with Crippen molar-refractivity contribution in [3.63, 3.8) is 0 Å². The monoisotopic (exact) mass is 287 g/mol. The summed E-state index contributed by atoms with van der Waals surface area (Å²) >= 11 is 0. The molecule has 0 spiro atoms. The Hall–Kier alpha value is -1.94. The number of aryl methyl sites for hydroxylation is 1. The molecule has 0 heterocycles. The SMILES string of the molecule is CC/C(=N\S(=O)(=O)c1ccc(C)cc1)c1ccccc1. The molecule has 2 rings (SSSR count). The largest absolute Gasteiger partial charge is 0.282 e. The third-order valence-corrected chi connectivity index (χ3v) is 4.32. The van der Waals surface area contributed by atoms with Crippen LogP contribution in [0.15, 0.2) is 63.9 Å². The van der Waals surface area contributed by atoms with Crippen LogP contribution >= 0.6 is 0 Å². The molecule has 0 N–H and O–H groups in total. The van der Waals surface area contributed by atoms with Crippen molar-refractivity contribution in [2.45, 2.75) is 25.2 Å². The first-order valence-electron chi connectivity index (χ1n) is 6.49. The van der Waals surface area contributed by atoms with Gasteiger partial charge in [0.15, 0.2) is 0 Å². The summed E-state index contributed by atoms with van der Waals surface area (Å²) < 4.78 is 28.6. The van der Waals surface area contributed by atoms with Crippen LogP contribution in [-0.2, 0) is 10.0 Å². The first-order valence-corrected chi connectivity index (χ1v) is 7.93. The summed E-state index contributed by atoms with van der Waals surface area (Å²) in [4.78, 5) is 0.227. The summed E-state index contributed by atoms with van der Waals surface area (Å²) in [6.45, 7) is 3.82. The van der Waals surface area contributed by atoms with E-state index < -0.39 is 10.0 Å². The van der Waals surface area contributed by atoms with E-state index in [1.165, 1.54) is 0 Å². The van der Waals surface area contributed by atoms with Crippen LogP contribution in [0.1, 0.15) is 24.5 Å². The molecule has 0 aliphatic rings. The van der Waals surface area contributed by atoms with Gasteiger partial charge in [0.2, 0.25) is 0 Å². The maximum absolute atomic E-state index is 12.3. The molecule has 0 amide bonds. The summed E-state index contributed by atoms with van der Waals surface area (Å²) in [6, 6.07) is 16.1. The second-order valence-electron chi connectivity index (χ2n) is 4.55. The van der Waals surface area contributed by atoms with Crippen molar-refractivity contribution in [2.75, 3.05) is 0 Å². The molecule has 20 heavy (non-hydrogen) atoms. The van der Waals surface area contributed by atoms with Crippen LogP contribution in [0.3, 0.4) is 0 Å². The topological polar surface area (TPSA) is 46.5 Å². The van der Waals surface area contributed by atoms with Crippen molar-refractivity contribution in [2.24, 2.45) is 4.40 Å². The number of benzene rings is 2. The van der Waals surface area contributed by atoms with Crippen molar-refractivity contribution in [3.8, 4) is 0 Å². The molecule has 0 atom stereocenters. The standard InChI is InChI=1S/C16H17NO2S/c1-3-16(14-7-5-4-6-8-14)17-20(18,19)15-11-9-13(2)10-12-15/h4-12H,3H2,1-2H3/b17-16+. The van der Waals surface area contributed by atoms with Gasteiger partial charge in [-0.2, -0.15) is 12.8 Å². The lowest BCUT2D eigenvalue weighted by atomic mass is 10.1. The highest BCUT2D eigenvalue weighted by molar-refractivity contribution is 7.90. The van der Waals surface area contributed by atoms with E-state index in [1.54, 1.807) is 24.3 Å². The first kappa shape index (κ1) is 14.5. The van der Waals surface area contributed by atoms with E-state index in [4.69, 9.17) is 0 Å². The number of hydrogen-bond acceptors (Lipinski definition) is 2. The second-order valence-corrected chi connectivity index (χ2v) is 6.15. The van der Waals surface area contributed by atoms with Crippen LogP contribution in [-0.4, -0.2) is 14.1 Å². The van der Waals surface area contributed by atoms with E-state index in [0.717, 1.165) is 11.1 Å². The van der Waals surface area contributed by atoms with Gasteiger partial charge in [-0.05, 0) is 31.0 Å². The molecular weight excluding hydrogens is 270 g/mol. The van der Waals surface area contributed by atoms with E-state index in [1.807, 2.05) is 44.2 Å². The van der Waals surface area contributed by atoms with Crippen molar-refractivity contribution < 1.29 is 8.42 Å². The van der Waals surface area contributed by atoms with Crippen LogP contribution in [0.5, 0.6) is 0 Å². The van der Waals surface area contributed by atoms with Crippen LogP contribution in [0, 0.1) is 6.92 Å². The van der Waals surface area contributed by atoms with Gasteiger partial charge in [-0.1, -0.05) is 55.0 Å². The van der Waals surface area contributed by atoms with Crippen molar-refractivity contribution in [1.82, 2.24) is 0 Å². The normalized spacial score (nSPS) is 12.4. The van der Waals surface area contributed by atoms with Crippen LogP contribution in [0.25, 0.3) is 0 Å². The molecule has 0 aliphatic heterocycles. The molecule has 104 valence electrons. The van der Waals surface area contributed by atoms with Gasteiger partial charge >= 0.3 is 0 Å². The van der Waals surface area contributed by atoms with Gasteiger partial charge in [-0.3, -0.25) is 0 Å². The summed E-state index contributed by atoms with van der Waals surface area (Å²) in [5.74, 6) is 0. The lowest BCUT2D eigenvalue weighted by Gasteiger charge is -2.05. The highest BCUT2D eigenvalue weighted by Gasteiger charge is 2.14. The van der Waals surface area contributed by atoms with Gasteiger partial charge in [0.25, 0.3) is 10.0 Å². The molecule has 0 aliphatic carbocycles. The molecule has 2 aromatic rings. The Kier molecular flexibility index (Phi) is 4.35. The van der Waals surface area contributed by atoms with E-state index >= 15 is 0 Å². The maximum atomic E-state index is 12.3. The molecule has 0 fully saturated rings. The zero-order valence-corrected chi connectivity index (χ0v) is 12.4. The Morgan fingerprint density at radius 2 is 1.60 bits per heavy atom. The van der Waals surface area contributed by atoms with E-state index in [0.29, 0.717) is 12.1 Å². The third-order valence-electron chi connectivity index (χ3n) is 2.99. The Bertz CT molecular complexity index is 702. The maximum Gasteiger partial charge on any atom is 0.282 e. The van der Waals surface area contributed by atoms with Gasteiger partial charge in [-0.15, -0.1) is 0 Å². The molecule has 0 unspecified atom stereocenters. The minimum absolute atomic E-state index is 0.227. The average molecular weight is 287 g/mol. The number of nitrogens with zero attached hydrogens (tertiary/aromatic N) is 1. The zero-order chi connectivity index (χ0) is 14.6. The molecule has 3 nitrogen and oxygen atoms in total. The molecule has 0 aromatic heterocycles. The van der Waals surface area contributed by atoms with Crippen molar-refractivity contribution in [1.29, 1.82) is 0 Å². The lowest BCUT2D eigenvalue weighted by molar-refractivity contribution is 0.598. The fourth-order valence-electron chi connectivity index (χ4n) is 1.86. The smallest absolute Gasteiger partial charge is 0.199 e. The van der Waals surface area contributed by atoms with Crippen molar-refractivity contribution >= 4 is 15.7 Å². The van der Waals surface area contributed by atoms with Gasteiger partial charge in [0, 0.05) is 0 Å². The molecular formula is C16H17NO2S. The zero-order valence-electron chi connectivity index (χ0n) is 11.6. The van der Waals surface area contributed by atoms with Crippen LogP contribution < -0.4 is 0 Å². The summed E-state index contributed by atoms with van der Waals surface area (Å²) in [6.07, 6.45) is 0.565. The van der Waals surface area contributed by atoms with E-state index in [9.17, 15) is 8.42 Å². The fourth-order valence-corrected chi connectivity index (χ4v) is 2.97. The summed E-state index contributed by atoms with van der Waals surface area (Å²) in [5, 5.41) is 0. The Morgan fingerprint density at radius 3 is 2.15 bits per heavy atom. The highest BCUT2D eigenvalue weighted by atomic mass is 32.2. The highest BCUT2D eigenvalue weighted by Crippen LogP contribution is 2.15. The minimum atomic E-state index is -3.65. The van der Waals surface area contributed by atoms with Gasteiger partial charge in [0.1, 0.15) is 0 Å². The molecule has 0 radical (unpaired) electrons. The molecule has 0 bridgehead atoms. The molecule has 0 saturated heterocycles. The van der Waals surface area contributed by atoms with Gasteiger partial charge in [0.05, 0.1) is 10.6 Å². The fraction of sp³-hybridized carbons (Fsp3) is 0.188. The minimum Gasteiger partial charge on any atom is -0.199 e. The summed E-state index contributed by atoms with van der Waals surface area (Å²) in [7, 11) is -3.65. The Labute approximate surface area is 120 Å². The molecule has 4 heteroatoms. The van der Waals surface area contributed by atoms with E-state index in [2.05, 4.69) is 4.40 Å². The second kappa shape index (κ2) is 6.01. The van der Waals surface area contributed by atoms with E-state index in [-0.39, 0.29) is 4.90 Å². The number of rotatable bonds is 4. The Morgan fingerprint density at radius 1 is 1.00 bits per heavy atom. The average Bonchev–Trinajstić information content (AvgIpc) is 2.46.